The summed E-state index contributed by atoms with van der Waals surface area (Å²) in [5.41, 5.74) is -2.06. The van der Waals surface area contributed by atoms with Crippen LogP contribution in [-0.4, -0.2) is 100 Å². The summed E-state index contributed by atoms with van der Waals surface area (Å²) in [5, 5.41) is 9.77. The maximum Gasteiger partial charge on any atom is 0.435 e. The number of carbonyl (C=O) groups is 5. The maximum atomic E-state index is 14.1. The third kappa shape index (κ3) is 18.2. The van der Waals surface area contributed by atoms with E-state index < -0.39 is 53.3 Å². The van der Waals surface area contributed by atoms with Crippen molar-refractivity contribution in [2.45, 2.75) is 69.8 Å². The number of Topliss-reactive ketones (excluding diaryl/α,β-unsaturated/α-hetero) is 1. The Morgan fingerprint density at radius 1 is 0.516 bits per heavy atom. The highest BCUT2D eigenvalue weighted by atomic mass is 35.5. The Labute approximate surface area is 559 Å². The van der Waals surface area contributed by atoms with Crippen LogP contribution in [0.5, 0.6) is 0 Å². The number of nitrogens with zero attached hydrogens (tertiary/aromatic N) is 1. The predicted molar refractivity (Wildman–Crippen MR) is 347 cm³/mol. The van der Waals surface area contributed by atoms with Crippen molar-refractivity contribution in [3.63, 3.8) is 0 Å². The largest absolute Gasteiger partial charge is 0.435 e. The van der Waals surface area contributed by atoms with E-state index >= 15 is 0 Å². The molecule has 1 atom stereocenters. The number of halogens is 15. The zero-order valence-electron chi connectivity index (χ0n) is 47.7. The van der Waals surface area contributed by atoms with Crippen LogP contribution in [0.4, 0.5) is 39.5 Å². The van der Waals surface area contributed by atoms with Crippen LogP contribution >= 0.6 is 105 Å². The molecule has 4 heterocycles. The molecule has 3 saturated heterocycles. The number of aryl methyl sites for hydroxylation is 3. The lowest BCUT2D eigenvalue weighted by molar-refractivity contribution is -0.275. The number of thioether (sulfide) groups is 3. The van der Waals surface area contributed by atoms with E-state index in [-0.39, 0.29) is 93.3 Å². The summed E-state index contributed by atoms with van der Waals surface area (Å²) in [5.74, 6) is 3.60. The number of carbonyl (C=O) groups excluding carboxylic acids is 5. The summed E-state index contributed by atoms with van der Waals surface area (Å²) >= 11 is 40.4. The van der Waals surface area contributed by atoms with Crippen molar-refractivity contribution < 1.29 is 68.3 Å². The van der Waals surface area contributed by atoms with Gasteiger partial charge in [-0.15, -0.1) is 0 Å². The minimum absolute atomic E-state index is 0.0242. The fraction of sp³-hybridized carbons (Fsp3) is 0.281. The monoisotopic (exact) mass is 1430 g/mol. The summed E-state index contributed by atoms with van der Waals surface area (Å²) in [6.45, 7) is 5.04. The number of ketones is 3. The van der Waals surface area contributed by atoms with Gasteiger partial charge < -0.3 is 15.5 Å². The number of allylic oxidation sites excluding steroid dienone is 4. The third-order valence-corrected chi connectivity index (χ3v) is 19.8. The molecule has 0 saturated carbocycles. The maximum absolute atomic E-state index is 14.1. The molecule has 0 aliphatic carbocycles. The van der Waals surface area contributed by atoms with Gasteiger partial charge in [0.05, 0.1) is 16.9 Å². The molecule has 0 radical (unpaired) electrons. The van der Waals surface area contributed by atoms with Gasteiger partial charge in [-0.25, -0.2) is 0 Å². The first kappa shape index (κ1) is 71.2. The SMILES string of the molecule is Cc1cc(C(=O)/C=C(/c2cc(Cl)cc(Cl)c2)C(F)(F)F)ccc1C(=O)NC1CSC1.Cc1cc(C(=O)/C=C(\c2cc(Cl)cc(Cl)c2)C(F)(F)F)ccc1C(=O)NC1CSC1.Cc1cc(C2=NOC(c3cc(Cl)cc(Cl)c3)(C(F)(F)F)C2)ccc1C(=O)CC1CSC1. The van der Waals surface area contributed by atoms with E-state index in [9.17, 15) is 63.5 Å². The number of nitrogens with one attached hydrogen (secondary N) is 2. The van der Waals surface area contributed by atoms with Gasteiger partial charge >= 0.3 is 18.5 Å². The van der Waals surface area contributed by atoms with Crippen LogP contribution in [-0.2, 0) is 10.4 Å². The number of alkyl halides is 9. The van der Waals surface area contributed by atoms with Gasteiger partial charge in [0, 0.05) is 111 Å². The first-order valence-corrected chi connectivity index (χ1v) is 33.0. The van der Waals surface area contributed by atoms with Crippen LogP contribution in [0.25, 0.3) is 11.1 Å². The molecular weight excluding hydrogens is 1390 g/mol. The molecule has 2 N–H and O–H groups in total. The van der Waals surface area contributed by atoms with Gasteiger partial charge in [0.2, 0.25) is 0 Å². The van der Waals surface area contributed by atoms with E-state index in [1.165, 1.54) is 66.7 Å². The van der Waals surface area contributed by atoms with Gasteiger partial charge in [0.25, 0.3) is 17.4 Å². The zero-order valence-corrected chi connectivity index (χ0v) is 54.7. The molecule has 4 aliphatic rings. The van der Waals surface area contributed by atoms with Gasteiger partial charge in [-0.1, -0.05) is 99.0 Å². The summed E-state index contributed by atoms with van der Waals surface area (Å²) in [6.07, 6.45) is -13.3. The molecule has 6 aromatic carbocycles. The second-order valence-corrected chi connectivity index (χ2v) is 27.3. The highest BCUT2D eigenvalue weighted by Crippen LogP contribution is 2.50. The lowest BCUT2D eigenvalue weighted by Crippen LogP contribution is -2.44. The van der Waals surface area contributed by atoms with E-state index in [0.717, 1.165) is 58.8 Å². The first-order valence-electron chi connectivity index (χ1n) is 27.3. The molecule has 2 amide bonds. The fourth-order valence-corrected chi connectivity index (χ4v) is 13.2. The smallest absolute Gasteiger partial charge is 0.374 e. The zero-order chi connectivity index (χ0) is 66.5. The number of benzene rings is 6. The van der Waals surface area contributed by atoms with Gasteiger partial charge in [0.1, 0.15) is 0 Å². The number of hydrogen-bond acceptors (Lipinski definition) is 10. The van der Waals surface area contributed by atoms with Crippen LogP contribution in [0, 0.1) is 26.7 Å². The van der Waals surface area contributed by atoms with Crippen LogP contribution in [0.3, 0.4) is 0 Å². The van der Waals surface area contributed by atoms with E-state index in [4.69, 9.17) is 74.4 Å². The normalized spacial score (nSPS) is 17.1. The average molecular weight is 1440 g/mol. The third-order valence-electron chi connectivity index (χ3n) is 14.5. The number of hydrogen-bond donors (Lipinski definition) is 2. The molecule has 91 heavy (non-hydrogen) atoms. The molecule has 6 aromatic rings. The Balaban J connectivity index is 0.000000176. The van der Waals surface area contributed by atoms with Crippen molar-refractivity contribution in [2.24, 2.45) is 11.1 Å². The quantitative estimate of drug-likeness (QED) is 0.0586. The molecule has 0 aromatic heterocycles. The van der Waals surface area contributed by atoms with Crippen LogP contribution in [0.2, 0.25) is 30.1 Å². The van der Waals surface area contributed by atoms with Gasteiger partial charge in [0.15, 0.2) is 17.3 Å². The highest BCUT2D eigenvalue weighted by Gasteiger charge is 2.62. The highest BCUT2D eigenvalue weighted by molar-refractivity contribution is 8.01. The van der Waals surface area contributed by atoms with Gasteiger partial charge in [-0.3, -0.25) is 24.0 Å². The Kier molecular flexibility index (Phi) is 23.3. The molecular formula is C64H50Cl6F9N3O6S3. The molecule has 4 aliphatic heterocycles. The van der Waals surface area contributed by atoms with E-state index in [0.29, 0.717) is 63.4 Å². The van der Waals surface area contributed by atoms with Crippen LogP contribution in [0.15, 0.2) is 127 Å². The Morgan fingerprint density at radius 2 is 0.901 bits per heavy atom. The minimum Gasteiger partial charge on any atom is -0.374 e. The van der Waals surface area contributed by atoms with Crippen molar-refractivity contribution in [2.75, 3.05) is 34.5 Å². The standard InChI is InChI=1S/C22H18Cl2F3NO2S.2C21H16Cl2F3NO2S/c1-12-4-14(2-3-18(12)20(29)5-13-10-31-11-13)19-9-21(30-28-19,22(25,26)27)15-6-16(23)8-17(24)7-15;2*1-11-4-12(2-3-17(11)20(29)27-16-9-30-10-16)19(28)8-18(21(24,25)26)13-5-14(22)7-15(23)6-13/h2-4,6-8,13H,5,9-11H2,1H3;2*2-8,16H,9-10H2,1H3,(H,27,29)/b;18-8+;18-8-. The summed E-state index contributed by atoms with van der Waals surface area (Å²) in [6, 6.07) is 24.3. The van der Waals surface area contributed by atoms with Crippen molar-refractivity contribution in [1.29, 1.82) is 0 Å². The van der Waals surface area contributed by atoms with E-state index in [1.807, 2.05) is 11.8 Å². The molecule has 0 bridgehead atoms. The molecule has 480 valence electrons. The second kappa shape index (κ2) is 29.8. The minimum atomic E-state index is -4.79. The topological polar surface area (TPSA) is 131 Å². The summed E-state index contributed by atoms with van der Waals surface area (Å²) in [4.78, 5) is 67.3. The predicted octanol–water partition coefficient (Wildman–Crippen LogP) is 18.8. The average Bonchev–Trinajstić information content (AvgIpc) is 1.66. The molecule has 10 rings (SSSR count). The summed E-state index contributed by atoms with van der Waals surface area (Å²) < 4.78 is 124. The Hall–Kier alpha value is -5.62. The van der Waals surface area contributed by atoms with Gasteiger partial charge in [-0.2, -0.15) is 74.8 Å². The summed E-state index contributed by atoms with van der Waals surface area (Å²) in [7, 11) is 0. The fourth-order valence-electron chi connectivity index (χ4n) is 9.59. The van der Waals surface area contributed by atoms with E-state index in [2.05, 4.69) is 15.8 Å². The lowest BCUT2D eigenvalue weighted by atomic mass is 9.86. The molecule has 1 unspecified atom stereocenters. The molecule has 27 heteroatoms. The van der Waals surface area contributed by atoms with Crippen molar-refractivity contribution in [3.8, 4) is 0 Å². The molecule has 3 fully saturated rings. The Morgan fingerprint density at radius 3 is 1.24 bits per heavy atom. The number of amides is 2. The van der Waals surface area contributed by atoms with Crippen molar-refractivity contribution in [3.05, 3.63) is 218 Å². The van der Waals surface area contributed by atoms with Crippen molar-refractivity contribution >= 4 is 151 Å². The van der Waals surface area contributed by atoms with Crippen LogP contribution < -0.4 is 10.6 Å². The number of rotatable bonds is 15. The van der Waals surface area contributed by atoms with Crippen LogP contribution in [0.1, 0.15) is 104 Å². The van der Waals surface area contributed by atoms with Gasteiger partial charge in [-0.05, 0) is 169 Å². The van der Waals surface area contributed by atoms with E-state index in [1.54, 1.807) is 62.5 Å². The Bertz CT molecular complexity index is 3700. The second-order valence-electron chi connectivity index (χ2n) is 21.5. The van der Waals surface area contributed by atoms with Crippen molar-refractivity contribution in [1.82, 2.24) is 10.6 Å². The first-order chi connectivity index (χ1) is 42.7. The molecule has 0 spiro atoms. The lowest BCUT2D eigenvalue weighted by Gasteiger charge is -2.29. The number of oxime groups is 1. The molecule has 9 nitrogen and oxygen atoms in total.